The van der Waals surface area contributed by atoms with E-state index in [9.17, 15) is 9.59 Å². The number of unbranched alkanes of at least 4 members (excludes halogenated alkanes) is 2. The third-order valence-corrected chi connectivity index (χ3v) is 3.50. The summed E-state index contributed by atoms with van der Waals surface area (Å²) in [7, 11) is 0. The third-order valence-electron chi connectivity index (χ3n) is 2.81. The second-order valence-electron chi connectivity index (χ2n) is 4.51. The SMILES string of the molecule is CCCC(CNC(=O)NCCCCCSC)C(=O)O. The minimum absolute atomic E-state index is 0.196. The maximum Gasteiger partial charge on any atom is 0.314 e. The quantitative estimate of drug-likeness (QED) is 0.510. The maximum atomic E-state index is 11.4. The van der Waals surface area contributed by atoms with Crippen molar-refractivity contribution in [2.45, 2.75) is 39.0 Å². The number of carboxylic acids is 1. The largest absolute Gasteiger partial charge is 0.481 e. The van der Waals surface area contributed by atoms with Crippen LogP contribution in [0.4, 0.5) is 4.79 Å². The molecule has 2 amide bonds. The molecule has 112 valence electrons. The van der Waals surface area contributed by atoms with Crippen LogP contribution < -0.4 is 10.6 Å². The number of nitrogens with one attached hydrogen (secondary N) is 2. The van der Waals surface area contributed by atoms with Crippen molar-refractivity contribution >= 4 is 23.8 Å². The second-order valence-corrected chi connectivity index (χ2v) is 5.50. The Labute approximate surface area is 119 Å². The Bertz CT molecular complexity index is 262. The van der Waals surface area contributed by atoms with Crippen LogP contribution in [0.1, 0.15) is 39.0 Å². The minimum Gasteiger partial charge on any atom is -0.481 e. The van der Waals surface area contributed by atoms with Gasteiger partial charge in [-0.05, 0) is 31.3 Å². The summed E-state index contributed by atoms with van der Waals surface area (Å²) >= 11 is 1.83. The summed E-state index contributed by atoms with van der Waals surface area (Å²) in [6, 6.07) is -0.271. The Kier molecular flexibility index (Phi) is 11.6. The first kappa shape index (κ1) is 18.1. The normalized spacial score (nSPS) is 11.9. The Morgan fingerprint density at radius 1 is 1.21 bits per heavy atom. The van der Waals surface area contributed by atoms with Crippen LogP contribution in [0.3, 0.4) is 0 Å². The van der Waals surface area contributed by atoms with Gasteiger partial charge in [0, 0.05) is 13.1 Å². The van der Waals surface area contributed by atoms with Gasteiger partial charge in [-0.15, -0.1) is 0 Å². The fraction of sp³-hybridized carbons (Fsp3) is 0.846. The summed E-state index contributed by atoms with van der Waals surface area (Å²) in [5.41, 5.74) is 0. The monoisotopic (exact) mass is 290 g/mol. The molecule has 0 radical (unpaired) electrons. The molecule has 0 saturated carbocycles. The number of hydrogen-bond acceptors (Lipinski definition) is 3. The zero-order valence-electron chi connectivity index (χ0n) is 11.9. The number of aliphatic carboxylic acids is 1. The van der Waals surface area contributed by atoms with Gasteiger partial charge in [-0.2, -0.15) is 11.8 Å². The molecule has 0 spiro atoms. The van der Waals surface area contributed by atoms with E-state index in [1.54, 1.807) is 0 Å². The topological polar surface area (TPSA) is 78.4 Å². The molecule has 0 aliphatic carbocycles. The van der Waals surface area contributed by atoms with Crippen LogP contribution in [0.25, 0.3) is 0 Å². The zero-order chi connectivity index (χ0) is 14.5. The highest BCUT2D eigenvalue weighted by Crippen LogP contribution is 2.05. The lowest BCUT2D eigenvalue weighted by atomic mass is 10.0. The Morgan fingerprint density at radius 2 is 1.95 bits per heavy atom. The van der Waals surface area contributed by atoms with E-state index in [0.717, 1.165) is 25.0 Å². The van der Waals surface area contributed by atoms with Crippen LogP contribution in [-0.4, -0.2) is 42.2 Å². The zero-order valence-corrected chi connectivity index (χ0v) is 12.7. The number of thioether (sulfide) groups is 1. The molecule has 0 aromatic rings. The molecule has 0 saturated heterocycles. The minimum atomic E-state index is -0.848. The Morgan fingerprint density at radius 3 is 2.53 bits per heavy atom. The first-order chi connectivity index (χ1) is 9.11. The molecule has 0 fully saturated rings. The molecular formula is C13H26N2O3S. The van der Waals surface area contributed by atoms with Crippen molar-refractivity contribution in [2.24, 2.45) is 5.92 Å². The molecule has 0 rings (SSSR count). The lowest BCUT2D eigenvalue weighted by Crippen LogP contribution is -2.40. The predicted molar refractivity (Wildman–Crippen MR) is 79.7 cm³/mol. The number of carbonyl (C=O) groups is 2. The number of carbonyl (C=O) groups excluding carboxylic acids is 1. The Balaban J connectivity index is 3.59. The van der Waals surface area contributed by atoms with Gasteiger partial charge in [0.15, 0.2) is 0 Å². The maximum absolute atomic E-state index is 11.4. The molecule has 6 heteroatoms. The van der Waals surface area contributed by atoms with Crippen molar-refractivity contribution < 1.29 is 14.7 Å². The average Bonchev–Trinajstić information content (AvgIpc) is 2.38. The van der Waals surface area contributed by atoms with Crippen molar-refractivity contribution in [1.29, 1.82) is 0 Å². The summed E-state index contributed by atoms with van der Waals surface area (Å²) in [4.78, 5) is 22.3. The predicted octanol–water partition coefficient (Wildman–Crippen LogP) is 2.32. The number of hydrogen-bond donors (Lipinski definition) is 3. The molecule has 1 atom stereocenters. The summed E-state index contributed by atoms with van der Waals surface area (Å²) < 4.78 is 0. The van der Waals surface area contributed by atoms with Gasteiger partial charge in [0.25, 0.3) is 0 Å². The average molecular weight is 290 g/mol. The van der Waals surface area contributed by atoms with Crippen LogP contribution in [0.15, 0.2) is 0 Å². The van der Waals surface area contributed by atoms with E-state index in [2.05, 4.69) is 16.9 Å². The van der Waals surface area contributed by atoms with E-state index in [-0.39, 0.29) is 12.6 Å². The molecule has 0 aromatic heterocycles. The third kappa shape index (κ3) is 10.7. The molecule has 3 N–H and O–H groups in total. The summed E-state index contributed by atoms with van der Waals surface area (Å²) in [6.07, 6.45) is 6.71. The fourth-order valence-electron chi connectivity index (χ4n) is 1.69. The van der Waals surface area contributed by atoms with Gasteiger partial charge >= 0.3 is 12.0 Å². The first-order valence-corrected chi connectivity index (χ1v) is 8.24. The highest BCUT2D eigenvalue weighted by atomic mass is 32.2. The Hall–Kier alpha value is -0.910. The fourth-order valence-corrected chi connectivity index (χ4v) is 2.18. The van der Waals surface area contributed by atoms with Crippen molar-refractivity contribution in [3.05, 3.63) is 0 Å². The van der Waals surface area contributed by atoms with Gasteiger partial charge in [-0.1, -0.05) is 19.8 Å². The van der Waals surface area contributed by atoms with Crippen molar-refractivity contribution in [3.8, 4) is 0 Å². The van der Waals surface area contributed by atoms with Gasteiger partial charge < -0.3 is 15.7 Å². The van der Waals surface area contributed by atoms with E-state index in [1.807, 2.05) is 18.7 Å². The molecule has 0 aromatic carbocycles. The van der Waals surface area contributed by atoms with Crippen LogP contribution in [0.2, 0.25) is 0 Å². The van der Waals surface area contributed by atoms with Gasteiger partial charge in [0.2, 0.25) is 0 Å². The number of carboxylic acid groups (broad SMARTS) is 1. The lowest BCUT2D eigenvalue weighted by Gasteiger charge is -2.13. The summed E-state index contributed by atoms with van der Waals surface area (Å²) in [5, 5.41) is 14.3. The van der Waals surface area contributed by atoms with Crippen LogP contribution in [0, 0.1) is 5.92 Å². The molecule has 0 aliphatic rings. The molecule has 19 heavy (non-hydrogen) atoms. The van der Waals surface area contributed by atoms with Gasteiger partial charge in [0.1, 0.15) is 0 Å². The van der Waals surface area contributed by atoms with Crippen molar-refractivity contribution in [2.75, 3.05) is 25.1 Å². The van der Waals surface area contributed by atoms with Gasteiger partial charge in [-0.25, -0.2) is 4.79 Å². The molecule has 1 unspecified atom stereocenters. The van der Waals surface area contributed by atoms with Gasteiger partial charge in [0.05, 0.1) is 5.92 Å². The van der Waals surface area contributed by atoms with E-state index in [1.165, 1.54) is 6.42 Å². The highest BCUT2D eigenvalue weighted by Gasteiger charge is 2.16. The molecule has 0 bridgehead atoms. The van der Waals surface area contributed by atoms with Crippen molar-refractivity contribution in [1.82, 2.24) is 10.6 Å². The molecule has 0 aliphatic heterocycles. The number of urea groups is 1. The molecular weight excluding hydrogens is 264 g/mol. The second kappa shape index (κ2) is 12.1. The summed E-state index contributed by atoms with van der Waals surface area (Å²) in [5.74, 6) is -0.180. The summed E-state index contributed by atoms with van der Waals surface area (Å²) in [6.45, 7) is 2.78. The highest BCUT2D eigenvalue weighted by molar-refractivity contribution is 7.98. The van der Waals surface area contributed by atoms with E-state index in [0.29, 0.717) is 13.0 Å². The lowest BCUT2D eigenvalue weighted by molar-refractivity contribution is -0.141. The van der Waals surface area contributed by atoms with Crippen molar-refractivity contribution in [3.63, 3.8) is 0 Å². The number of amides is 2. The number of rotatable bonds is 11. The van der Waals surface area contributed by atoms with Gasteiger partial charge in [-0.3, -0.25) is 4.79 Å². The molecule has 5 nitrogen and oxygen atoms in total. The van der Waals surface area contributed by atoms with E-state index in [4.69, 9.17) is 5.11 Å². The first-order valence-electron chi connectivity index (χ1n) is 6.85. The van der Waals surface area contributed by atoms with Crippen LogP contribution >= 0.6 is 11.8 Å². The standard InChI is InChI=1S/C13H26N2O3S/c1-3-7-11(12(16)17)10-15-13(18)14-8-5-4-6-9-19-2/h11H,3-10H2,1-2H3,(H,16,17)(H2,14,15,18). The van der Waals surface area contributed by atoms with Crippen LogP contribution in [-0.2, 0) is 4.79 Å². The van der Waals surface area contributed by atoms with Crippen LogP contribution in [0.5, 0.6) is 0 Å². The van der Waals surface area contributed by atoms with E-state index >= 15 is 0 Å². The van der Waals surface area contributed by atoms with E-state index < -0.39 is 11.9 Å². The molecule has 0 heterocycles. The smallest absolute Gasteiger partial charge is 0.314 e.